The van der Waals surface area contributed by atoms with Gasteiger partial charge in [0.1, 0.15) is 0 Å². The third kappa shape index (κ3) is 5.07. The van der Waals surface area contributed by atoms with E-state index in [0.717, 1.165) is 6.07 Å². The van der Waals surface area contributed by atoms with E-state index in [1.54, 1.807) is 6.92 Å². The SMILES string of the molecule is CC(COc1cc(Br)cc(F)c1F)CS(=O)(=O)Cl. The largest absolute Gasteiger partial charge is 0.490 e. The van der Waals surface area contributed by atoms with Crippen molar-refractivity contribution in [1.82, 2.24) is 0 Å². The number of hydrogen-bond donors (Lipinski definition) is 0. The van der Waals surface area contributed by atoms with Gasteiger partial charge >= 0.3 is 0 Å². The Bertz CT molecular complexity index is 536. The standard InChI is InChI=1S/C10H10BrClF2O3S/c1-6(5-18(12,15)16)4-17-9-3-7(11)2-8(13)10(9)14/h2-3,6H,4-5H2,1H3. The highest BCUT2D eigenvalue weighted by Crippen LogP contribution is 2.25. The molecular weight excluding hydrogens is 354 g/mol. The Kier molecular flexibility index (Phi) is 5.36. The number of benzene rings is 1. The van der Waals surface area contributed by atoms with Crippen LogP contribution in [0.4, 0.5) is 8.78 Å². The van der Waals surface area contributed by atoms with Gasteiger partial charge in [-0.3, -0.25) is 0 Å². The molecule has 0 saturated heterocycles. The van der Waals surface area contributed by atoms with Crippen LogP contribution < -0.4 is 4.74 Å². The lowest BCUT2D eigenvalue weighted by Crippen LogP contribution is -2.17. The van der Waals surface area contributed by atoms with E-state index in [-0.39, 0.29) is 18.1 Å². The highest BCUT2D eigenvalue weighted by Gasteiger charge is 2.16. The summed E-state index contributed by atoms with van der Waals surface area (Å²) >= 11 is 3.00. The number of hydrogen-bond acceptors (Lipinski definition) is 3. The molecule has 0 fully saturated rings. The van der Waals surface area contributed by atoms with E-state index in [0.29, 0.717) is 4.47 Å². The number of ether oxygens (including phenoxy) is 1. The summed E-state index contributed by atoms with van der Waals surface area (Å²) in [5, 5.41) is 0. The second kappa shape index (κ2) is 6.16. The molecule has 0 aromatic heterocycles. The molecule has 0 aliphatic carbocycles. The average Bonchev–Trinajstić information content (AvgIpc) is 2.18. The van der Waals surface area contributed by atoms with Gasteiger partial charge in [0.25, 0.3) is 0 Å². The predicted octanol–water partition coefficient (Wildman–Crippen LogP) is 3.31. The zero-order valence-electron chi connectivity index (χ0n) is 9.29. The van der Waals surface area contributed by atoms with Crippen LogP contribution in [0.5, 0.6) is 5.75 Å². The smallest absolute Gasteiger partial charge is 0.232 e. The molecule has 0 amide bonds. The van der Waals surface area contributed by atoms with Gasteiger partial charge in [-0.05, 0) is 12.1 Å². The van der Waals surface area contributed by atoms with E-state index in [9.17, 15) is 17.2 Å². The molecule has 102 valence electrons. The van der Waals surface area contributed by atoms with E-state index < -0.39 is 26.6 Å². The van der Waals surface area contributed by atoms with Gasteiger partial charge in [0.05, 0.1) is 12.4 Å². The van der Waals surface area contributed by atoms with Crippen molar-refractivity contribution in [2.75, 3.05) is 12.4 Å². The molecule has 18 heavy (non-hydrogen) atoms. The fourth-order valence-corrected chi connectivity index (χ4v) is 3.09. The van der Waals surface area contributed by atoms with Crippen molar-refractivity contribution in [3.05, 3.63) is 28.2 Å². The van der Waals surface area contributed by atoms with Crippen LogP contribution in [0.3, 0.4) is 0 Å². The maximum Gasteiger partial charge on any atom is 0.232 e. The Hall–Kier alpha value is -0.400. The first-order valence-electron chi connectivity index (χ1n) is 4.88. The van der Waals surface area contributed by atoms with Crippen LogP contribution in [0, 0.1) is 17.6 Å². The summed E-state index contributed by atoms with van der Waals surface area (Å²) in [4.78, 5) is 0. The van der Waals surface area contributed by atoms with Gasteiger partial charge in [0.15, 0.2) is 11.6 Å². The number of rotatable bonds is 5. The van der Waals surface area contributed by atoms with Gasteiger partial charge in [0.2, 0.25) is 14.9 Å². The molecular formula is C10H10BrClF2O3S. The third-order valence-electron chi connectivity index (χ3n) is 1.97. The van der Waals surface area contributed by atoms with Crippen LogP contribution in [-0.2, 0) is 9.05 Å². The van der Waals surface area contributed by atoms with Crippen molar-refractivity contribution in [2.45, 2.75) is 6.92 Å². The summed E-state index contributed by atoms with van der Waals surface area (Å²) < 4.78 is 53.3. The van der Waals surface area contributed by atoms with Gasteiger partial charge < -0.3 is 4.74 Å². The molecule has 0 bridgehead atoms. The van der Waals surface area contributed by atoms with Gasteiger partial charge in [-0.1, -0.05) is 22.9 Å². The lowest BCUT2D eigenvalue weighted by molar-refractivity contribution is 0.256. The molecule has 0 radical (unpaired) electrons. The minimum absolute atomic E-state index is 0.0846. The van der Waals surface area contributed by atoms with Crippen LogP contribution in [0.2, 0.25) is 0 Å². The maximum absolute atomic E-state index is 13.3. The highest BCUT2D eigenvalue weighted by molar-refractivity contribution is 9.10. The van der Waals surface area contributed by atoms with Gasteiger partial charge in [-0.2, -0.15) is 4.39 Å². The van der Waals surface area contributed by atoms with Crippen molar-refractivity contribution in [1.29, 1.82) is 0 Å². The average molecular weight is 364 g/mol. The molecule has 1 unspecified atom stereocenters. The molecule has 0 N–H and O–H groups in total. The first kappa shape index (κ1) is 15.7. The molecule has 1 rings (SSSR count). The Balaban J connectivity index is 2.69. The topological polar surface area (TPSA) is 43.4 Å². The summed E-state index contributed by atoms with van der Waals surface area (Å²) in [7, 11) is 1.43. The second-order valence-corrected chi connectivity index (χ2v) is 7.56. The van der Waals surface area contributed by atoms with E-state index in [1.807, 2.05) is 0 Å². The summed E-state index contributed by atoms with van der Waals surface area (Å²) in [6.07, 6.45) is 0. The minimum atomic E-state index is -3.64. The van der Waals surface area contributed by atoms with Crippen molar-refractivity contribution < 1.29 is 21.9 Å². The van der Waals surface area contributed by atoms with Crippen molar-refractivity contribution >= 4 is 35.7 Å². The van der Waals surface area contributed by atoms with E-state index in [4.69, 9.17) is 15.4 Å². The summed E-state index contributed by atoms with van der Waals surface area (Å²) in [5.41, 5.74) is 0. The first-order valence-corrected chi connectivity index (χ1v) is 8.16. The normalized spacial score (nSPS) is 13.4. The molecule has 0 heterocycles. The fourth-order valence-electron chi connectivity index (χ4n) is 1.26. The highest BCUT2D eigenvalue weighted by atomic mass is 79.9. The Labute approximate surface area is 117 Å². The van der Waals surface area contributed by atoms with E-state index >= 15 is 0 Å². The third-order valence-corrected chi connectivity index (χ3v) is 3.77. The lowest BCUT2D eigenvalue weighted by atomic mass is 10.2. The van der Waals surface area contributed by atoms with Gasteiger partial charge in [0, 0.05) is 21.1 Å². The Morgan fingerprint density at radius 3 is 2.61 bits per heavy atom. The molecule has 0 spiro atoms. The van der Waals surface area contributed by atoms with Crippen LogP contribution in [0.15, 0.2) is 16.6 Å². The van der Waals surface area contributed by atoms with E-state index in [1.165, 1.54) is 6.07 Å². The van der Waals surface area contributed by atoms with Crippen LogP contribution in [0.1, 0.15) is 6.92 Å². The number of halogens is 4. The van der Waals surface area contributed by atoms with E-state index in [2.05, 4.69) is 15.9 Å². The van der Waals surface area contributed by atoms with Crippen molar-refractivity contribution in [3.8, 4) is 5.75 Å². The molecule has 1 atom stereocenters. The molecule has 3 nitrogen and oxygen atoms in total. The van der Waals surface area contributed by atoms with Gasteiger partial charge in [-0.15, -0.1) is 0 Å². The molecule has 0 saturated carbocycles. The Morgan fingerprint density at radius 1 is 1.44 bits per heavy atom. The molecule has 1 aromatic rings. The van der Waals surface area contributed by atoms with Gasteiger partial charge in [-0.25, -0.2) is 12.8 Å². The van der Waals surface area contributed by atoms with Crippen molar-refractivity contribution in [2.24, 2.45) is 5.92 Å². The Morgan fingerprint density at radius 2 is 2.06 bits per heavy atom. The molecule has 8 heteroatoms. The zero-order chi connectivity index (χ0) is 13.9. The lowest BCUT2D eigenvalue weighted by Gasteiger charge is -2.12. The second-order valence-electron chi connectivity index (χ2n) is 3.82. The fraction of sp³-hybridized carbons (Fsp3) is 0.400. The van der Waals surface area contributed by atoms with Crippen LogP contribution >= 0.6 is 26.6 Å². The van der Waals surface area contributed by atoms with Crippen LogP contribution in [-0.4, -0.2) is 20.8 Å². The zero-order valence-corrected chi connectivity index (χ0v) is 12.4. The molecule has 0 aliphatic heterocycles. The first-order chi connectivity index (χ1) is 8.19. The molecule has 0 aliphatic rings. The van der Waals surface area contributed by atoms with Crippen LogP contribution in [0.25, 0.3) is 0 Å². The minimum Gasteiger partial charge on any atom is -0.490 e. The summed E-state index contributed by atoms with van der Waals surface area (Å²) in [6, 6.07) is 2.23. The summed E-state index contributed by atoms with van der Waals surface area (Å²) in [6.45, 7) is 1.49. The predicted molar refractivity (Wildman–Crippen MR) is 68.4 cm³/mol. The monoisotopic (exact) mass is 362 g/mol. The molecule has 1 aromatic carbocycles. The van der Waals surface area contributed by atoms with Crippen molar-refractivity contribution in [3.63, 3.8) is 0 Å². The maximum atomic E-state index is 13.3. The summed E-state index contributed by atoms with van der Waals surface area (Å²) in [5.74, 6) is -3.17. The quantitative estimate of drug-likeness (QED) is 0.595.